The number of hydrogen-bond acceptors (Lipinski definition) is 2. The van der Waals surface area contributed by atoms with Crippen LogP contribution < -0.4 is 10.2 Å². The Bertz CT molecular complexity index is 797. The van der Waals surface area contributed by atoms with Gasteiger partial charge in [0.2, 0.25) is 5.30 Å². The molecule has 0 spiro atoms. The zero-order chi connectivity index (χ0) is 12.9. The molecule has 0 fully saturated rings. The Morgan fingerprint density at radius 3 is 2.56 bits per heavy atom. The lowest BCUT2D eigenvalue weighted by atomic mass is 10.1. The van der Waals surface area contributed by atoms with E-state index in [-0.39, 0.29) is 5.30 Å². The SMILES string of the molecule is O=[P+]([O-])c1cc2c([nH]c3ccccc32)c(Br)c1Br. The highest BCUT2D eigenvalue weighted by molar-refractivity contribution is 9.13. The normalized spacial score (nSPS) is 12.3. The average Bonchev–Trinajstić information content (AvgIpc) is 2.72. The van der Waals surface area contributed by atoms with E-state index in [2.05, 4.69) is 36.8 Å². The summed E-state index contributed by atoms with van der Waals surface area (Å²) in [5.41, 5.74) is 1.88. The number of hydrogen-bond donors (Lipinski definition) is 1. The lowest BCUT2D eigenvalue weighted by Crippen LogP contribution is -2.06. The monoisotopic (exact) mass is 385 g/mol. The van der Waals surface area contributed by atoms with Crippen LogP contribution >= 0.6 is 39.9 Å². The van der Waals surface area contributed by atoms with Crippen molar-refractivity contribution < 1.29 is 9.46 Å². The molecule has 0 aliphatic rings. The summed E-state index contributed by atoms with van der Waals surface area (Å²) >= 11 is 6.74. The Morgan fingerprint density at radius 1 is 1.11 bits per heavy atom. The lowest BCUT2D eigenvalue weighted by molar-refractivity contribution is -0.160. The summed E-state index contributed by atoms with van der Waals surface area (Å²) in [6.07, 6.45) is 0. The van der Waals surface area contributed by atoms with Crippen LogP contribution in [0.1, 0.15) is 0 Å². The van der Waals surface area contributed by atoms with Gasteiger partial charge in [-0.1, -0.05) is 22.8 Å². The van der Waals surface area contributed by atoms with Crippen molar-refractivity contribution in [2.45, 2.75) is 0 Å². The predicted molar refractivity (Wildman–Crippen MR) is 78.4 cm³/mol. The van der Waals surface area contributed by atoms with Crippen molar-refractivity contribution in [3.63, 3.8) is 0 Å². The molecule has 2 aromatic carbocycles. The number of aromatic amines is 1. The molecule has 1 heterocycles. The van der Waals surface area contributed by atoms with Crippen molar-refractivity contribution in [1.29, 1.82) is 0 Å². The van der Waals surface area contributed by atoms with Crippen LogP contribution in [0.2, 0.25) is 0 Å². The molecule has 0 bridgehead atoms. The van der Waals surface area contributed by atoms with Gasteiger partial charge >= 0.3 is 8.03 Å². The van der Waals surface area contributed by atoms with E-state index in [9.17, 15) is 9.46 Å². The second-order valence-electron chi connectivity index (χ2n) is 3.87. The minimum Gasteiger partial charge on any atom is -0.591 e. The van der Waals surface area contributed by atoms with Crippen molar-refractivity contribution in [2.24, 2.45) is 0 Å². The summed E-state index contributed by atoms with van der Waals surface area (Å²) in [6, 6.07) is 9.50. The molecule has 0 saturated carbocycles. The van der Waals surface area contributed by atoms with Crippen molar-refractivity contribution in [2.75, 3.05) is 0 Å². The Kier molecular flexibility index (Phi) is 3.02. The standard InChI is InChI=1S/C12H6Br2NO2P/c13-10-9(18(16)17)5-7-6-3-1-2-4-8(6)15-12(7)11(10)14/h1-5,15H. The average molecular weight is 387 g/mol. The lowest BCUT2D eigenvalue weighted by Gasteiger charge is -2.00. The smallest absolute Gasteiger partial charge is 0.350 e. The molecular weight excluding hydrogens is 381 g/mol. The summed E-state index contributed by atoms with van der Waals surface area (Å²) in [4.78, 5) is 14.5. The fraction of sp³-hybridized carbons (Fsp3) is 0. The highest BCUT2D eigenvalue weighted by Crippen LogP contribution is 2.36. The maximum Gasteiger partial charge on any atom is 0.350 e. The van der Waals surface area contributed by atoms with Crippen molar-refractivity contribution >= 4 is 67.0 Å². The van der Waals surface area contributed by atoms with Gasteiger partial charge in [-0.2, -0.15) is 0 Å². The fourth-order valence-corrected chi connectivity index (χ4v) is 3.97. The first-order valence-electron chi connectivity index (χ1n) is 5.12. The molecule has 0 radical (unpaired) electrons. The number of aromatic nitrogens is 1. The molecular formula is C12H6Br2NO2P. The molecule has 0 aliphatic heterocycles. The molecule has 0 saturated heterocycles. The van der Waals surface area contributed by atoms with Gasteiger partial charge in [-0.25, -0.2) is 0 Å². The van der Waals surface area contributed by atoms with Gasteiger partial charge in [-0.05, 0) is 37.9 Å². The molecule has 1 N–H and O–H groups in total. The second-order valence-corrected chi connectivity index (χ2v) is 6.46. The zero-order valence-corrected chi connectivity index (χ0v) is 13.0. The van der Waals surface area contributed by atoms with Crippen LogP contribution in [0.15, 0.2) is 39.3 Å². The molecule has 3 aromatic rings. The van der Waals surface area contributed by atoms with Crippen molar-refractivity contribution in [3.05, 3.63) is 39.3 Å². The van der Waals surface area contributed by atoms with Gasteiger partial charge < -0.3 is 9.88 Å². The second kappa shape index (κ2) is 4.42. The summed E-state index contributed by atoms with van der Waals surface area (Å²) < 4.78 is 12.5. The third-order valence-electron chi connectivity index (χ3n) is 2.86. The molecule has 3 nitrogen and oxygen atoms in total. The van der Waals surface area contributed by atoms with E-state index in [1.54, 1.807) is 6.07 Å². The third-order valence-corrected chi connectivity index (χ3v) is 6.06. The molecule has 0 amide bonds. The van der Waals surface area contributed by atoms with E-state index in [0.717, 1.165) is 26.3 Å². The highest BCUT2D eigenvalue weighted by atomic mass is 79.9. The maximum absolute atomic E-state index is 11.3. The van der Waals surface area contributed by atoms with E-state index in [0.29, 0.717) is 4.47 Å². The Hall–Kier alpha value is -0.740. The largest absolute Gasteiger partial charge is 0.591 e. The van der Waals surface area contributed by atoms with E-state index < -0.39 is 8.03 Å². The molecule has 1 atom stereocenters. The third kappa shape index (κ3) is 1.74. The number of halogens is 2. The van der Waals surface area contributed by atoms with Gasteiger partial charge in [0.05, 0.1) is 14.5 Å². The highest BCUT2D eigenvalue weighted by Gasteiger charge is 2.20. The van der Waals surface area contributed by atoms with Crippen LogP contribution in [-0.2, 0) is 4.57 Å². The van der Waals surface area contributed by atoms with E-state index >= 15 is 0 Å². The molecule has 1 unspecified atom stereocenters. The Balaban J connectivity index is 2.54. The molecule has 18 heavy (non-hydrogen) atoms. The van der Waals surface area contributed by atoms with Crippen molar-refractivity contribution in [3.8, 4) is 0 Å². The molecule has 90 valence electrons. The van der Waals surface area contributed by atoms with E-state index in [1.807, 2.05) is 24.3 Å². The first-order chi connectivity index (χ1) is 8.59. The summed E-state index contributed by atoms with van der Waals surface area (Å²) in [5.74, 6) is 0. The number of fused-ring (bicyclic) bond motifs is 3. The molecule has 6 heteroatoms. The summed E-state index contributed by atoms with van der Waals surface area (Å²) in [5, 5.41) is 2.20. The Morgan fingerprint density at radius 2 is 1.83 bits per heavy atom. The van der Waals surface area contributed by atoms with Crippen LogP contribution in [-0.4, -0.2) is 4.98 Å². The Labute approximate surface area is 120 Å². The first kappa shape index (κ1) is 12.3. The predicted octanol–water partition coefficient (Wildman–Crippen LogP) is 3.57. The number of benzene rings is 2. The number of rotatable bonds is 1. The number of H-pyrrole nitrogens is 1. The maximum atomic E-state index is 11.3. The molecule has 0 aliphatic carbocycles. The van der Waals surface area contributed by atoms with Crippen LogP contribution in [0, 0.1) is 0 Å². The quantitative estimate of drug-likeness (QED) is 0.650. The number of nitrogens with one attached hydrogen (secondary N) is 1. The van der Waals surface area contributed by atoms with Crippen LogP contribution in [0.5, 0.6) is 0 Å². The number of para-hydroxylation sites is 1. The first-order valence-corrected chi connectivity index (χ1v) is 7.88. The molecule has 1 aromatic heterocycles. The van der Waals surface area contributed by atoms with Gasteiger partial charge in [0.25, 0.3) is 0 Å². The van der Waals surface area contributed by atoms with Gasteiger partial charge in [-0.3, -0.25) is 0 Å². The van der Waals surface area contributed by atoms with E-state index in [1.165, 1.54) is 0 Å². The summed E-state index contributed by atoms with van der Waals surface area (Å²) in [6.45, 7) is 0. The van der Waals surface area contributed by atoms with Gasteiger partial charge in [0.15, 0.2) is 0 Å². The van der Waals surface area contributed by atoms with Gasteiger partial charge in [0, 0.05) is 22.4 Å². The molecule has 3 rings (SSSR count). The minimum absolute atomic E-state index is 0.286. The van der Waals surface area contributed by atoms with Gasteiger partial charge in [0.1, 0.15) is 0 Å². The summed E-state index contributed by atoms with van der Waals surface area (Å²) in [7, 11) is -2.63. The minimum atomic E-state index is -2.63. The van der Waals surface area contributed by atoms with Crippen LogP contribution in [0.3, 0.4) is 0 Å². The van der Waals surface area contributed by atoms with Crippen molar-refractivity contribution in [1.82, 2.24) is 4.98 Å². The fourth-order valence-electron chi connectivity index (χ4n) is 2.04. The van der Waals surface area contributed by atoms with Crippen LogP contribution in [0.4, 0.5) is 0 Å². The van der Waals surface area contributed by atoms with Gasteiger partial charge in [-0.15, -0.1) is 0 Å². The van der Waals surface area contributed by atoms with E-state index in [4.69, 9.17) is 0 Å². The topological polar surface area (TPSA) is 55.9 Å². The van der Waals surface area contributed by atoms with Crippen LogP contribution in [0.25, 0.3) is 21.8 Å². The zero-order valence-electron chi connectivity index (χ0n) is 8.91.